The average Bonchev–Trinajstić information content (AvgIpc) is 2.67. The molecule has 1 aliphatic rings. The van der Waals surface area contributed by atoms with Crippen molar-refractivity contribution in [3.8, 4) is 0 Å². The van der Waals surface area contributed by atoms with Crippen LogP contribution in [-0.4, -0.2) is 43.5 Å². The number of nitrogens with two attached hydrogens (primary N) is 1. The van der Waals surface area contributed by atoms with Gasteiger partial charge in [0, 0.05) is 18.7 Å². The first-order valence-electron chi connectivity index (χ1n) is 8.59. The summed E-state index contributed by atoms with van der Waals surface area (Å²) in [5, 5.41) is 2.91. The van der Waals surface area contributed by atoms with Crippen LogP contribution in [0.15, 0.2) is 46.7 Å². The molecule has 0 aliphatic carbocycles. The van der Waals surface area contributed by atoms with Gasteiger partial charge in [0.15, 0.2) is 0 Å². The molecule has 28 heavy (non-hydrogen) atoms. The Labute approximate surface area is 174 Å². The van der Waals surface area contributed by atoms with E-state index in [1.54, 1.807) is 24.3 Å². The van der Waals surface area contributed by atoms with Gasteiger partial charge in [-0.15, -0.1) is 0 Å². The summed E-state index contributed by atoms with van der Waals surface area (Å²) in [7, 11) is -3.81. The molecule has 1 saturated heterocycles. The molecule has 152 valence electrons. The molecule has 1 aromatic rings. The molecule has 1 aromatic carbocycles. The third-order valence-electron chi connectivity index (χ3n) is 4.08. The van der Waals surface area contributed by atoms with Gasteiger partial charge in [0.05, 0.1) is 16.5 Å². The molecule has 1 fully saturated rings. The number of nitrogens with one attached hydrogen (secondary N) is 1. The Balaban J connectivity index is 2.14. The molecule has 2 amide bonds. The minimum Gasteiger partial charge on any atom is -0.366 e. The van der Waals surface area contributed by atoms with Crippen molar-refractivity contribution >= 4 is 45.2 Å². The molecule has 0 atom stereocenters. The van der Waals surface area contributed by atoms with E-state index in [2.05, 4.69) is 11.9 Å². The molecule has 1 aliphatic heterocycles. The predicted octanol–water partition coefficient (Wildman–Crippen LogP) is 2.46. The van der Waals surface area contributed by atoms with Crippen LogP contribution in [0.5, 0.6) is 0 Å². The number of nitrogens with zero attached hydrogens (tertiary/aromatic N) is 1. The molecule has 1 heterocycles. The van der Waals surface area contributed by atoms with Gasteiger partial charge in [0.1, 0.15) is 4.24 Å². The predicted molar refractivity (Wildman–Crippen MR) is 112 cm³/mol. The third kappa shape index (κ3) is 5.84. The molecule has 0 bridgehead atoms. The van der Waals surface area contributed by atoms with Crippen LogP contribution in [0.25, 0.3) is 0 Å². The standard InChI is InChI=1S/C18H22ClN3O4S2/c1-13(17(20)23)11-16(28(25,26)22-9-5-2-6-10-22)27-12-21-18(24)14-7-3-4-8-15(14)19/h3-4,7-8,11H,1-2,5-6,9-10,12H2,(H2,20,23)(H,21,24)/b16-11+. The number of carbonyl (C=O) groups excluding carboxylic acids is 2. The van der Waals surface area contributed by atoms with Crippen molar-refractivity contribution in [1.82, 2.24) is 9.62 Å². The van der Waals surface area contributed by atoms with E-state index in [9.17, 15) is 18.0 Å². The Hall–Kier alpha value is -1.81. The van der Waals surface area contributed by atoms with Gasteiger partial charge < -0.3 is 11.1 Å². The van der Waals surface area contributed by atoms with E-state index in [1.165, 1.54) is 4.31 Å². The molecule has 2 rings (SSSR count). The molecule has 0 saturated carbocycles. The number of primary amides is 1. The number of sulfonamides is 1. The van der Waals surface area contributed by atoms with Crippen molar-refractivity contribution in [3.63, 3.8) is 0 Å². The number of piperidine rings is 1. The summed E-state index contributed by atoms with van der Waals surface area (Å²) < 4.78 is 27.2. The number of carbonyl (C=O) groups is 2. The van der Waals surface area contributed by atoms with Crippen molar-refractivity contribution in [2.45, 2.75) is 19.3 Å². The third-order valence-corrected chi connectivity index (χ3v) is 7.76. The minimum absolute atomic E-state index is 0.0327. The molecule has 0 radical (unpaired) electrons. The van der Waals surface area contributed by atoms with Crippen molar-refractivity contribution in [2.24, 2.45) is 5.73 Å². The highest BCUT2D eigenvalue weighted by molar-refractivity contribution is 8.17. The molecule has 10 heteroatoms. The highest BCUT2D eigenvalue weighted by Crippen LogP contribution is 2.28. The van der Waals surface area contributed by atoms with E-state index in [0.29, 0.717) is 18.1 Å². The maximum atomic E-state index is 13.0. The summed E-state index contributed by atoms with van der Waals surface area (Å²) in [6.45, 7) is 4.33. The Morgan fingerprint density at radius 2 is 1.89 bits per heavy atom. The lowest BCUT2D eigenvalue weighted by Crippen LogP contribution is -2.36. The maximum Gasteiger partial charge on any atom is 0.253 e. The SMILES string of the molecule is C=C(/C=C(\SCNC(=O)c1ccccc1Cl)S(=O)(=O)N1CCCCC1)C(N)=O. The second-order valence-corrected chi connectivity index (χ2v) is 9.68. The Morgan fingerprint density at radius 1 is 1.25 bits per heavy atom. The fraction of sp³-hybridized carbons (Fsp3) is 0.333. The van der Waals surface area contributed by atoms with Gasteiger partial charge in [-0.05, 0) is 31.1 Å². The molecule has 0 aromatic heterocycles. The molecule has 3 N–H and O–H groups in total. The van der Waals surface area contributed by atoms with Crippen LogP contribution in [0, 0.1) is 0 Å². The summed E-state index contributed by atoms with van der Waals surface area (Å²) >= 11 is 6.88. The number of amides is 2. The summed E-state index contributed by atoms with van der Waals surface area (Å²) in [4.78, 5) is 23.6. The highest BCUT2D eigenvalue weighted by Gasteiger charge is 2.29. The van der Waals surface area contributed by atoms with Gasteiger partial charge in [0.2, 0.25) is 15.9 Å². The van der Waals surface area contributed by atoms with Gasteiger partial charge in [-0.25, -0.2) is 8.42 Å². The van der Waals surface area contributed by atoms with Crippen LogP contribution in [0.4, 0.5) is 0 Å². The van der Waals surface area contributed by atoms with Crippen LogP contribution in [-0.2, 0) is 14.8 Å². The monoisotopic (exact) mass is 443 g/mol. The second-order valence-electron chi connectivity index (χ2n) is 6.09. The van der Waals surface area contributed by atoms with E-state index in [1.807, 2.05) is 0 Å². The van der Waals surface area contributed by atoms with E-state index < -0.39 is 21.8 Å². The number of hydrogen-bond acceptors (Lipinski definition) is 5. The number of benzene rings is 1. The first-order chi connectivity index (χ1) is 13.2. The number of thioether (sulfide) groups is 1. The zero-order valence-corrected chi connectivity index (χ0v) is 17.6. The van der Waals surface area contributed by atoms with E-state index in [4.69, 9.17) is 17.3 Å². The minimum atomic E-state index is -3.81. The van der Waals surface area contributed by atoms with Gasteiger partial charge in [-0.3, -0.25) is 9.59 Å². The van der Waals surface area contributed by atoms with Crippen molar-refractivity contribution in [1.29, 1.82) is 0 Å². The van der Waals surface area contributed by atoms with Gasteiger partial charge in [-0.2, -0.15) is 4.31 Å². The zero-order chi connectivity index (χ0) is 20.7. The largest absolute Gasteiger partial charge is 0.366 e. The van der Waals surface area contributed by atoms with Crippen LogP contribution in [0.2, 0.25) is 5.02 Å². The van der Waals surface area contributed by atoms with Gasteiger partial charge >= 0.3 is 0 Å². The molecule has 7 nitrogen and oxygen atoms in total. The number of halogens is 1. The maximum absolute atomic E-state index is 13.0. The fourth-order valence-electron chi connectivity index (χ4n) is 2.55. The molecular formula is C18H22ClN3O4S2. The lowest BCUT2D eigenvalue weighted by molar-refractivity contribution is -0.114. The van der Waals surface area contributed by atoms with Crippen LogP contribution < -0.4 is 11.1 Å². The van der Waals surface area contributed by atoms with Crippen molar-refractivity contribution < 1.29 is 18.0 Å². The molecular weight excluding hydrogens is 422 g/mol. The van der Waals surface area contributed by atoms with Gasteiger partial charge in [0.25, 0.3) is 5.91 Å². The quantitative estimate of drug-likeness (QED) is 0.364. The Kier molecular flexibility index (Phi) is 8.11. The summed E-state index contributed by atoms with van der Waals surface area (Å²) in [6, 6.07) is 6.54. The topological polar surface area (TPSA) is 110 Å². The molecule has 0 unspecified atom stereocenters. The van der Waals surface area contributed by atoms with E-state index in [-0.39, 0.29) is 21.3 Å². The lowest BCUT2D eigenvalue weighted by atomic mass is 10.2. The van der Waals surface area contributed by atoms with Crippen LogP contribution in [0.3, 0.4) is 0 Å². The second kappa shape index (κ2) is 10.1. The first kappa shape index (κ1) is 22.5. The molecule has 0 spiro atoms. The van der Waals surface area contributed by atoms with Crippen molar-refractivity contribution in [3.05, 3.63) is 57.3 Å². The zero-order valence-electron chi connectivity index (χ0n) is 15.2. The summed E-state index contributed by atoms with van der Waals surface area (Å²) in [5.41, 5.74) is 5.35. The smallest absolute Gasteiger partial charge is 0.253 e. The van der Waals surface area contributed by atoms with E-state index in [0.717, 1.165) is 37.1 Å². The van der Waals surface area contributed by atoms with Crippen LogP contribution >= 0.6 is 23.4 Å². The lowest BCUT2D eigenvalue weighted by Gasteiger charge is -2.26. The first-order valence-corrected chi connectivity index (χ1v) is 11.4. The van der Waals surface area contributed by atoms with Crippen LogP contribution in [0.1, 0.15) is 29.6 Å². The normalized spacial score (nSPS) is 15.8. The highest BCUT2D eigenvalue weighted by atomic mass is 35.5. The summed E-state index contributed by atoms with van der Waals surface area (Å²) in [5.74, 6) is -1.27. The Morgan fingerprint density at radius 3 is 2.50 bits per heavy atom. The average molecular weight is 444 g/mol. The summed E-state index contributed by atoms with van der Waals surface area (Å²) in [6.07, 6.45) is 3.67. The van der Waals surface area contributed by atoms with E-state index >= 15 is 0 Å². The van der Waals surface area contributed by atoms with Gasteiger partial charge in [-0.1, -0.05) is 48.5 Å². The van der Waals surface area contributed by atoms with Crippen molar-refractivity contribution in [2.75, 3.05) is 19.0 Å². The number of rotatable bonds is 8. The Bertz CT molecular complexity index is 894. The fourth-order valence-corrected chi connectivity index (χ4v) is 5.72. The number of hydrogen-bond donors (Lipinski definition) is 2.